The van der Waals surface area contributed by atoms with Gasteiger partial charge in [-0.05, 0) is 134 Å². The fourth-order valence-corrected chi connectivity index (χ4v) is 8.04. The predicted molar refractivity (Wildman–Crippen MR) is 218 cm³/mol. The van der Waals surface area contributed by atoms with Crippen LogP contribution in [-0.2, 0) is 41.9 Å². The zero-order chi connectivity index (χ0) is 43.6. The van der Waals surface area contributed by atoms with Gasteiger partial charge in [0.25, 0.3) is 0 Å². The van der Waals surface area contributed by atoms with E-state index >= 15 is 8.78 Å². The molecule has 0 radical (unpaired) electrons. The summed E-state index contributed by atoms with van der Waals surface area (Å²) in [4.78, 5) is 58.9. The van der Waals surface area contributed by atoms with Crippen LogP contribution in [0.2, 0.25) is 0 Å². The summed E-state index contributed by atoms with van der Waals surface area (Å²) >= 11 is 0. The number of aryl methyl sites for hydroxylation is 1. The van der Waals surface area contributed by atoms with E-state index in [1.54, 1.807) is 61.7 Å². The van der Waals surface area contributed by atoms with Crippen molar-refractivity contribution in [3.63, 3.8) is 0 Å². The Balaban J connectivity index is 1.36. The number of hydrogen-bond acceptors (Lipinski definition) is 11. The van der Waals surface area contributed by atoms with Gasteiger partial charge in [0.1, 0.15) is 22.8 Å². The Hall–Kier alpha value is -5.68. The number of imide groups is 1. The number of amides is 3. The minimum absolute atomic E-state index is 0.00893. The average Bonchev–Trinajstić information content (AvgIpc) is 3.97. The Morgan fingerprint density at radius 1 is 0.847 bits per heavy atom. The minimum atomic E-state index is -3.49. The van der Waals surface area contributed by atoms with Crippen molar-refractivity contribution < 1.29 is 51.0 Å². The number of carbonyl (C=O) groups excluding carboxylic acids is 3. The summed E-state index contributed by atoms with van der Waals surface area (Å²) in [5.74, 6) is -3.62. The fraction of sp³-hybridized carbons (Fsp3) is 0.405. The molecule has 4 aromatic rings. The molecule has 1 aromatic heterocycles. The lowest BCUT2D eigenvalue weighted by molar-refractivity contribution is -0.138. The van der Waals surface area contributed by atoms with Crippen LogP contribution in [0.25, 0.3) is 10.8 Å². The molecule has 1 unspecified atom stereocenters. The van der Waals surface area contributed by atoms with Crippen molar-refractivity contribution in [2.45, 2.75) is 101 Å². The highest BCUT2D eigenvalue weighted by Gasteiger charge is 2.38. The third-order valence-corrected chi connectivity index (χ3v) is 11.2. The number of carboxylic acid groups (broad SMARTS) is 1. The first-order valence-corrected chi connectivity index (χ1v) is 20.4. The van der Waals surface area contributed by atoms with E-state index < -0.39 is 68.0 Å². The number of halogens is 2. The second-order valence-electron chi connectivity index (χ2n) is 16.6. The minimum Gasteiger partial charge on any atom is -0.479 e. The maximum absolute atomic E-state index is 15.4. The molecule has 0 saturated heterocycles. The number of aromatic nitrogens is 1. The molecule has 5 rings (SSSR count). The molecule has 316 valence electrons. The summed E-state index contributed by atoms with van der Waals surface area (Å²) in [6, 6.07) is 10.9. The second kappa shape index (κ2) is 17.3. The van der Waals surface area contributed by atoms with E-state index in [0.29, 0.717) is 35.5 Å². The van der Waals surface area contributed by atoms with Gasteiger partial charge in [-0.15, -0.1) is 0 Å². The molecule has 0 spiro atoms. The Labute approximate surface area is 341 Å². The van der Waals surface area contributed by atoms with Crippen LogP contribution >= 0.6 is 0 Å². The largest absolute Gasteiger partial charge is 0.479 e. The number of nitrogens with one attached hydrogen (secondary N) is 2. The number of sulfone groups is 1. The number of ether oxygens (including phenoxy) is 2. The maximum atomic E-state index is 15.4. The lowest BCUT2D eigenvalue weighted by atomic mass is 10.00. The molecule has 1 saturated carbocycles. The van der Waals surface area contributed by atoms with Crippen LogP contribution < -0.4 is 15.5 Å². The first-order valence-electron chi connectivity index (χ1n) is 18.9. The van der Waals surface area contributed by atoms with Crippen molar-refractivity contribution in [1.82, 2.24) is 9.88 Å². The van der Waals surface area contributed by atoms with Crippen molar-refractivity contribution in [2.24, 2.45) is 0 Å². The number of carbonyl (C=O) groups is 4. The van der Waals surface area contributed by atoms with Crippen LogP contribution in [-0.4, -0.2) is 78.0 Å². The van der Waals surface area contributed by atoms with Crippen molar-refractivity contribution in [2.75, 3.05) is 29.6 Å². The molecule has 1 fully saturated rings. The van der Waals surface area contributed by atoms with E-state index in [0.717, 1.165) is 12.3 Å². The molecule has 1 heterocycles. The monoisotopic (exact) mass is 837 g/mol. The van der Waals surface area contributed by atoms with E-state index in [1.807, 2.05) is 4.90 Å². The molecule has 59 heavy (non-hydrogen) atoms. The molecule has 3 N–H and O–H groups in total. The zero-order valence-corrected chi connectivity index (χ0v) is 35.0. The Bertz CT molecular complexity index is 2360. The van der Waals surface area contributed by atoms with Gasteiger partial charge in [0.05, 0.1) is 16.3 Å². The number of hydrogen-bond donors (Lipinski definition) is 3. The molecule has 1 aliphatic carbocycles. The van der Waals surface area contributed by atoms with Crippen LogP contribution in [0, 0.1) is 11.6 Å². The normalized spacial score (nSPS) is 13.8. The topological polar surface area (TPSA) is 185 Å². The van der Waals surface area contributed by atoms with E-state index in [9.17, 15) is 32.7 Å². The van der Waals surface area contributed by atoms with Crippen LogP contribution in [0.5, 0.6) is 0 Å². The number of carboxylic acids is 1. The molecule has 3 aromatic carbocycles. The van der Waals surface area contributed by atoms with Gasteiger partial charge in [-0.1, -0.05) is 12.1 Å². The van der Waals surface area contributed by atoms with Gasteiger partial charge in [0.15, 0.2) is 21.7 Å². The summed E-state index contributed by atoms with van der Waals surface area (Å²) in [7, 11) is 0.122. The second-order valence-corrected chi connectivity index (χ2v) is 18.8. The first-order chi connectivity index (χ1) is 27.4. The molecule has 14 nitrogen and oxygen atoms in total. The number of anilines is 3. The average molecular weight is 838 g/mol. The maximum Gasteiger partial charge on any atom is 0.425 e. The standard InChI is InChI=1S/C42H49F2N5O9S/c1-41(2,3)57-39(53)49(40(54)58-42(4,5)6)37-30-15-11-28(21-31(30)33(44)22-45-37)47-36(38(51)52)25-9-16-32(43)24(19-25)10-18-35(50)46-27-12-17-34(26(20-27)23-48(7)8)59(55,56)29-13-14-29/h9,11-12,15-17,19-22,29,36,47H,10,13-14,18,23H2,1-8H3,(H,46,50)(H,51,52). The molecule has 17 heteroatoms. The molecular formula is C42H49F2N5O9S. The summed E-state index contributed by atoms with van der Waals surface area (Å²) in [6.45, 7) is 9.93. The molecule has 3 amide bonds. The van der Waals surface area contributed by atoms with Crippen molar-refractivity contribution in [3.8, 4) is 0 Å². The summed E-state index contributed by atoms with van der Waals surface area (Å²) in [5.41, 5.74) is -0.799. The third kappa shape index (κ3) is 11.3. The number of nitrogens with zero attached hydrogens (tertiary/aromatic N) is 3. The smallest absolute Gasteiger partial charge is 0.425 e. The lowest BCUT2D eigenvalue weighted by Gasteiger charge is -2.28. The summed E-state index contributed by atoms with van der Waals surface area (Å²) in [6.07, 6.45) is -0.481. The van der Waals surface area contributed by atoms with E-state index in [1.165, 1.54) is 42.5 Å². The number of aliphatic carboxylic acids is 1. The van der Waals surface area contributed by atoms with E-state index in [2.05, 4.69) is 15.6 Å². The Morgan fingerprint density at radius 2 is 1.47 bits per heavy atom. The van der Waals surface area contributed by atoms with Gasteiger partial charge < -0.3 is 30.1 Å². The third-order valence-electron chi connectivity index (χ3n) is 8.86. The molecule has 1 aliphatic rings. The van der Waals surface area contributed by atoms with Crippen molar-refractivity contribution in [1.29, 1.82) is 0 Å². The fourth-order valence-electron chi connectivity index (χ4n) is 6.17. The SMILES string of the molecule is CN(C)Cc1cc(NC(=O)CCc2cc(C(Nc3ccc4c(N(C(=O)OC(C)(C)C)C(=O)OC(C)(C)C)ncc(F)c4c3)C(=O)O)ccc2F)ccc1S(=O)(=O)C1CC1. The van der Waals surface area contributed by atoms with Crippen LogP contribution in [0.4, 0.5) is 35.6 Å². The quantitative estimate of drug-likeness (QED) is 0.118. The number of benzene rings is 3. The zero-order valence-electron chi connectivity index (χ0n) is 34.2. The highest BCUT2D eigenvalue weighted by atomic mass is 32.2. The number of fused-ring (bicyclic) bond motifs is 1. The van der Waals surface area contributed by atoms with Gasteiger partial charge in [-0.2, -0.15) is 4.90 Å². The van der Waals surface area contributed by atoms with Gasteiger partial charge in [-0.25, -0.2) is 36.6 Å². The Morgan fingerprint density at radius 3 is 2.05 bits per heavy atom. The van der Waals surface area contributed by atoms with Crippen LogP contribution in [0.3, 0.4) is 0 Å². The van der Waals surface area contributed by atoms with E-state index in [4.69, 9.17) is 9.47 Å². The van der Waals surface area contributed by atoms with E-state index in [-0.39, 0.29) is 51.1 Å². The van der Waals surface area contributed by atoms with Crippen molar-refractivity contribution >= 4 is 61.9 Å². The van der Waals surface area contributed by atoms with Gasteiger partial charge in [-0.3, -0.25) is 4.79 Å². The number of rotatable bonds is 13. The highest BCUT2D eigenvalue weighted by molar-refractivity contribution is 7.92. The predicted octanol–water partition coefficient (Wildman–Crippen LogP) is 8.00. The molecule has 1 atom stereocenters. The van der Waals surface area contributed by atoms with Crippen LogP contribution in [0.15, 0.2) is 65.7 Å². The van der Waals surface area contributed by atoms with Gasteiger partial charge in [0, 0.05) is 35.1 Å². The molecule has 0 bridgehead atoms. The summed E-state index contributed by atoms with van der Waals surface area (Å²) in [5, 5.41) is 15.3. The summed E-state index contributed by atoms with van der Waals surface area (Å²) < 4.78 is 67.4. The van der Waals surface area contributed by atoms with Gasteiger partial charge >= 0.3 is 18.2 Å². The highest BCUT2D eigenvalue weighted by Crippen LogP contribution is 2.36. The molecular weight excluding hydrogens is 789 g/mol. The number of pyridine rings is 1. The van der Waals surface area contributed by atoms with Gasteiger partial charge in [0.2, 0.25) is 5.91 Å². The van der Waals surface area contributed by atoms with Crippen molar-refractivity contribution in [3.05, 3.63) is 89.1 Å². The molecule has 0 aliphatic heterocycles. The Kier molecular flexibility index (Phi) is 13.0. The first kappa shape index (κ1) is 44.4. The van der Waals surface area contributed by atoms with Crippen LogP contribution in [0.1, 0.15) is 83.5 Å². The lowest BCUT2D eigenvalue weighted by Crippen LogP contribution is -2.44.